The molecule has 3 fully saturated rings. The van der Waals surface area contributed by atoms with Crippen LogP contribution in [0.4, 0.5) is 38.0 Å². The number of aliphatic hydroxyl groups excluding tert-OH is 1. The summed E-state index contributed by atoms with van der Waals surface area (Å²) in [5, 5.41) is 28.9. The number of aromatic nitrogens is 3. The van der Waals surface area contributed by atoms with Crippen molar-refractivity contribution >= 4 is 87.3 Å². The molecule has 4 aromatic carbocycles. The number of aliphatic hydroxyl groups is 1. The summed E-state index contributed by atoms with van der Waals surface area (Å²) >= 11 is 7.74. The summed E-state index contributed by atoms with van der Waals surface area (Å²) in [7, 11) is 0. The molecule has 0 spiro atoms. The lowest BCUT2D eigenvalue weighted by molar-refractivity contribution is -0.144. The fourth-order valence-electron chi connectivity index (χ4n) is 10.9. The van der Waals surface area contributed by atoms with Crippen LogP contribution in [0.1, 0.15) is 86.5 Å². The van der Waals surface area contributed by atoms with Crippen molar-refractivity contribution in [3.05, 3.63) is 142 Å². The molecule has 0 aliphatic carbocycles. The Morgan fingerprint density at radius 1 is 0.814 bits per heavy atom. The molecule has 3 aliphatic heterocycles. The normalized spacial score (nSPS) is 16.9. The molecule has 7 amide bonds. The number of benzene rings is 4. The minimum Gasteiger partial charge on any atom is -0.391 e. The van der Waals surface area contributed by atoms with E-state index in [0.29, 0.717) is 72.8 Å². The molecule has 23 heteroatoms. The van der Waals surface area contributed by atoms with Gasteiger partial charge in [-0.3, -0.25) is 24.0 Å². The summed E-state index contributed by atoms with van der Waals surface area (Å²) in [5.74, 6) is -1.46. The highest BCUT2D eigenvalue weighted by atomic mass is 35.5. The molecule has 0 saturated carbocycles. The molecule has 2 aromatic heterocycles. The van der Waals surface area contributed by atoms with Gasteiger partial charge in [0.25, 0.3) is 5.91 Å². The van der Waals surface area contributed by atoms with E-state index in [4.69, 9.17) is 11.6 Å². The number of hydrogen-bond acceptors (Lipinski definition) is 14. The number of aryl methyl sites for hydroxylation is 1. The highest BCUT2D eigenvalue weighted by Crippen LogP contribution is 2.30. The molecule has 7 N–H and O–H groups in total. The fourth-order valence-corrected chi connectivity index (χ4v) is 11.9. The number of urea groups is 1. The number of anilines is 5. The maximum Gasteiger partial charge on any atom is 0.317 e. The summed E-state index contributed by atoms with van der Waals surface area (Å²) in [5.41, 5.74) is 6.88. The Labute approximate surface area is 509 Å². The number of amides is 7. The van der Waals surface area contributed by atoms with Gasteiger partial charge in [0.05, 0.1) is 45.5 Å². The van der Waals surface area contributed by atoms with Crippen molar-refractivity contribution in [2.24, 2.45) is 11.3 Å². The number of nitrogens with zero attached hydrogens (tertiary/aromatic N) is 7. The summed E-state index contributed by atoms with van der Waals surface area (Å²) in [6.45, 7) is 12.4. The number of carbonyl (C=O) groups excluding carboxylic acids is 6. The summed E-state index contributed by atoms with van der Waals surface area (Å²) in [6, 6.07) is 26.6. The van der Waals surface area contributed by atoms with Crippen LogP contribution in [-0.2, 0) is 32.1 Å². The monoisotopic (exact) mass is 1210 g/mol. The smallest absolute Gasteiger partial charge is 0.317 e. The second kappa shape index (κ2) is 28.9. The molecule has 86 heavy (non-hydrogen) atoms. The maximum atomic E-state index is 14.8. The lowest BCUT2D eigenvalue weighted by Gasteiger charge is -2.36. The Morgan fingerprint density at radius 3 is 2.17 bits per heavy atom. The van der Waals surface area contributed by atoms with E-state index < -0.39 is 29.4 Å². The third-order valence-electron chi connectivity index (χ3n) is 15.9. The minimum atomic E-state index is -0.898. The van der Waals surface area contributed by atoms with Gasteiger partial charge in [-0.2, -0.15) is 4.98 Å². The van der Waals surface area contributed by atoms with Crippen molar-refractivity contribution in [1.29, 1.82) is 0 Å². The number of piperidine rings is 1. The second-order valence-corrected chi connectivity index (χ2v) is 24.5. The van der Waals surface area contributed by atoms with Crippen LogP contribution in [0.25, 0.3) is 10.4 Å². The standard InChI is InChI=1S/C63H75ClFN13O7S/c1-40-55(86-39-69-40)44-15-11-43(12-16-44)36-67-59(83)52-35-48(79)38-78(52)60(84)56(63(2,3)4)73-53(80)25-29-75-27-23-41(24-28-75)8-7-26-66-62(85)77-32-30-76(31-33-77)54(81)34-42-13-19-47(20-14-42)71-61-68-37-50(65)57(74-61)70-46-21-17-45(18-22-46)58(82)72-51-10-6-5-9-49(51)64/h5-6,9-22,37,39,41,48,52,56,79H,7-8,23-36,38H2,1-4H3,(H,66,85)(H,67,83)(H,72,82)(H,73,80)(H2,68,70,71,74)/t48-,52+,56-/m1/s1. The zero-order valence-corrected chi connectivity index (χ0v) is 50.5. The van der Waals surface area contributed by atoms with Gasteiger partial charge in [0, 0.05) is 82.1 Å². The molecular formula is C63H75ClFN13O7S. The number of carbonyl (C=O) groups is 6. The van der Waals surface area contributed by atoms with E-state index in [-0.39, 0.29) is 79.7 Å². The van der Waals surface area contributed by atoms with E-state index >= 15 is 0 Å². The van der Waals surface area contributed by atoms with Crippen LogP contribution < -0.4 is 31.9 Å². The van der Waals surface area contributed by atoms with Crippen LogP contribution >= 0.6 is 22.9 Å². The first kappa shape index (κ1) is 62.5. The molecule has 0 unspecified atom stereocenters. The van der Waals surface area contributed by atoms with E-state index in [1.165, 1.54) is 4.90 Å². The van der Waals surface area contributed by atoms with Gasteiger partial charge < -0.3 is 56.6 Å². The Hall–Kier alpha value is -8.05. The van der Waals surface area contributed by atoms with E-state index in [1.54, 1.807) is 81.8 Å². The molecule has 5 heterocycles. The van der Waals surface area contributed by atoms with Gasteiger partial charge in [-0.25, -0.2) is 19.2 Å². The summed E-state index contributed by atoms with van der Waals surface area (Å²) in [4.78, 5) is 101. The molecule has 3 aliphatic rings. The van der Waals surface area contributed by atoms with Crippen molar-refractivity contribution in [2.75, 3.05) is 74.9 Å². The predicted octanol–water partition coefficient (Wildman–Crippen LogP) is 8.53. The van der Waals surface area contributed by atoms with Crippen molar-refractivity contribution in [3.8, 4) is 10.4 Å². The molecule has 0 radical (unpaired) electrons. The number of hydrogen-bond donors (Lipinski definition) is 7. The first-order valence-electron chi connectivity index (χ1n) is 29.2. The van der Waals surface area contributed by atoms with Crippen molar-refractivity contribution in [1.82, 2.24) is 50.5 Å². The second-order valence-electron chi connectivity index (χ2n) is 23.2. The minimum absolute atomic E-state index is 0.00605. The van der Waals surface area contributed by atoms with Crippen molar-refractivity contribution in [2.45, 2.75) is 97.4 Å². The molecule has 9 rings (SSSR count). The van der Waals surface area contributed by atoms with Crippen LogP contribution in [0.5, 0.6) is 0 Å². The Bertz CT molecular complexity index is 3330. The topological polar surface area (TPSA) is 246 Å². The van der Waals surface area contributed by atoms with Gasteiger partial charge in [0.2, 0.25) is 29.6 Å². The lowest BCUT2D eigenvalue weighted by atomic mass is 9.85. The number of para-hydroxylation sites is 1. The number of β-amino-alcohol motifs (C(OH)–C–C–N with tert-alkyl or cyclic N) is 1. The van der Waals surface area contributed by atoms with Gasteiger partial charge in [-0.1, -0.05) is 80.9 Å². The van der Waals surface area contributed by atoms with E-state index in [1.807, 2.05) is 69.6 Å². The number of halogens is 2. The molecule has 454 valence electrons. The summed E-state index contributed by atoms with van der Waals surface area (Å²) in [6.07, 6.45) is 4.48. The average molecular weight is 1210 g/mol. The predicted molar refractivity (Wildman–Crippen MR) is 331 cm³/mol. The van der Waals surface area contributed by atoms with Crippen LogP contribution in [0, 0.1) is 24.1 Å². The van der Waals surface area contributed by atoms with Gasteiger partial charge in [0.1, 0.15) is 12.1 Å². The van der Waals surface area contributed by atoms with E-state index in [0.717, 1.165) is 72.2 Å². The molecular weight excluding hydrogens is 1140 g/mol. The highest BCUT2D eigenvalue weighted by Gasteiger charge is 2.44. The van der Waals surface area contributed by atoms with Gasteiger partial charge >= 0.3 is 6.03 Å². The van der Waals surface area contributed by atoms with Crippen molar-refractivity contribution in [3.63, 3.8) is 0 Å². The zero-order chi connectivity index (χ0) is 60.9. The molecule has 3 saturated heterocycles. The molecule has 0 bridgehead atoms. The largest absolute Gasteiger partial charge is 0.391 e. The highest BCUT2D eigenvalue weighted by molar-refractivity contribution is 7.13. The molecule has 20 nitrogen and oxygen atoms in total. The van der Waals surface area contributed by atoms with Gasteiger partial charge in [-0.15, -0.1) is 11.3 Å². The van der Waals surface area contributed by atoms with E-state index in [2.05, 4.69) is 51.8 Å². The Kier molecular flexibility index (Phi) is 21.0. The number of piperazine rings is 1. The Balaban J connectivity index is 0.629. The van der Waals surface area contributed by atoms with Crippen molar-refractivity contribution < 1.29 is 38.3 Å². The molecule has 3 atom stereocenters. The summed E-state index contributed by atoms with van der Waals surface area (Å²) < 4.78 is 14.8. The Morgan fingerprint density at radius 2 is 1.49 bits per heavy atom. The van der Waals surface area contributed by atoms with Crippen LogP contribution in [0.15, 0.2) is 109 Å². The number of rotatable bonds is 21. The molecule has 6 aromatic rings. The quantitative estimate of drug-likeness (QED) is 0.0335. The van der Waals surface area contributed by atoms with E-state index in [9.17, 15) is 38.3 Å². The third-order valence-corrected chi connectivity index (χ3v) is 17.2. The van der Waals surface area contributed by atoms with Gasteiger partial charge in [0.15, 0.2) is 11.6 Å². The first-order chi connectivity index (χ1) is 41.3. The lowest BCUT2D eigenvalue weighted by Crippen LogP contribution is -2.58. The zero-order valence-electron chi connectivity index (χ0n) is 48.9. The fraction of sp³-hybridized carbons (Fsp3) is 0.413. The first-order valence-corrected chi connectivity index (χ1v) is 30.5. The number of likely N-dealkylation sites (tertiary alicyclic amines) is 2. The van der Waals surface area contributed by atoms with Crippen LogP contribution in [0.2, 0.25) is 5.02 Å². The average Bonchev–Trinajstić information content (AvgIpc) is 3.72. The maximum absolute atomic E-state index is 14.8. The van der Waals surface area contributed by atoms with Crippen LogP contribution in [-0.4, -0.2) is 152 Å². The number of nitrogens with one attached hydrogen (secondary N) is 6. The number of thiazole rings is 1. The van der Waals surface area contributed by atoms with Crippen LogP contribution in [0.3, 0.4) is 0 Å². The SMILES string of the molecule is Cc1ncsc1-c1ccc(CNC(=O)[C@@H]2C[C@@H](O)CN2C(=O)[C@@H](NC(=O)CCN2CCC(CCCNC(=O)N3CCN(C(=O)Cc4ccc(Nc5ncc(F)c(Nc6ccc(C(=O)Nc7ccccc7Cl)cc6)n5)cc4)CC3)CC2)C(C)(C)C)cc1. The van der Waals surface area contributed by atoms with Gasteiger partial charge in [-0.05, 0) is 122 Å². The third kappa shape index (κ3) is 16.9.